The third kappa shape index (κ3) is 2.40. The molecular formula is C10H14O. The molecule has 0 fully saturated rings. The molecule has 1 aliphatic rings. The van der Waals surface area contributed by atoms with E-state index in [4.69, 9.17) is 11.5 Å². The van der Waals surface area contributed by atoms with Crippen molar-refractivity contribution in [3.05, 3.63) is 11.6 Å². The standard InChI is InChI=1S/C10H14O/c1-2-9-3-5-10(6-4-9)7-8-11/h1,3,10-11H,4-8H2. The summed E-state index contributed by atoms with van der Waals surface area (Å²) in [5.41, 5.74) is 1.14. The van der Waals surface area contributed by atoms with Gasteiger partial charge in [0.1, 0.15) is 0 Å². The largest absolute Gasteiger partial charge is 0.396 e. The highest BCUT2D eigenvalue weighted by Gasteiger charge is 2.11. The van der Waals surface area contributed by atoms with Gasteiger partial charge in [-0.05, 0) is 37.2 Å². The van der Waals surface area contributed by atoms with Crippen molar-refractivity contribution >= 4 is 0 Å². The van der Waals surface area contributed by atoms with Gasteiger partial charge in [-0.2, -0.15) is 0 Å². The molecule has 0 radical (unpaired) electrons. The van der Waals surface area contributed by atoms with Gasteiger partial charge in [-0.15, -0.1) is 6.42 Å². The summed E-state index contributed by atoms with van der Waals surface area (Å²) in [5, 5.41) is 8.68. The molecule has 11 heavy (non-hydrogen) atoms. The van der Waals surface area contributed by atoms with Crippen LogP contribution in [0.2, 0.25) is 0 Å². The SMILES string of the molecule is C#CC1=CCC(CCO)CC1. The van der Waals surface area contributed by atoms with Crippen molar-refractivity contribution in [3.63, 3.8) is 0 Å². The summed E-state index contributed by atoms with van der Waals surface area (Å²) in [4.78, 5) is 0. The van der Waals surface area contributed by atoms with Crippen LogP contribution in [0.4, 0.5) is 0 Å². The van der Waals surface area contributed by atoms with E-state index in [-0.39, 0.29) is 0 Å². The molecule has 60 valence electrons. The van der Waals surface area contributed by atoms with Crippen molar-refractivity contribution in [1.82, 2.24) is 0 Å². The predicted octanol–water partition coefficient (Wildman–Crippen LogP) is 1.73. The predicted molar refractivity (Wildman–Crippen MR) is 46.0 cm³/mol. The van der Waals surface area contributed by atoms with E-state index in [9.17, 15) is 0 Å². The van der Waals surface area contributed by atoms with Crippen LogP contribution in [0.3, 0.4) is 0 Å². The molecule has 0 bridgehead atoms. The lowest BCUT2D eigenvalue weighted by atomic mass is 9.88. The summed E-state index contributed by atoms with van der Waals surface area (Å²) in [7, 11) is 0. The first-order valence-electron chi connectivity index (χ1n) is 4.13. The van der Waals surface area contributed by atoms with Crippen LogP contribution < -0.4 is 0 Å². The first kappa shape index (κ1) is 8.36. The second-order valence-electron chi connectivity index (χ2n) is 3.03. The summed E-state index contributed by atoms with van der Waals surface area (Å²) < 4.78 is 0. The van der Waals surface area contributed by atoms with Gasteiger partial charge < -0.3 is 5.11 Å². The summed E-state index contributed by atoms with van der Waals surface area (Å²) in [6.45, 7) is 0.309. The molecule has 1 aliphatic carbocycles. The molecule has 1 N–H and O–H groups in total. The fourth-order valence-electron chi connectivity index (χ4n) is 1.46. The van der Waals surface area contributed by atoms with Gasteiger partial charge in [0, 0.05) is 6.61 Å². The van der Waals surface area contributed by atoms with Gasteiger partial charge in [0.25, 0.3) is 0 Å². The maximum absolute atomic E-state index is 8.68. The topological polar surface area (TPSA) is 20.2 Å². The zero-order chi connectivity index (χ0) is 8.10. The molecule has 0 spiro atoms. The molecule has 0 saturated heterocycles. The fourth-order valence-corrected chi connectivity index (χ4v) is 1.46. The summed E-state index contributed by atoms with van der Waals surface area (Å²) in [5.74, 6) is 3.33. The summed E-state index contributed by atoms with van der Waals surface area (Å²) >= 11 is 0. The number of allylic oxidation sites excluding steroid dienone is 2. The molecule has 0 saturated carbocycles. The Hall–Kier alpha value is -0.740. The van der Waals surface area contributed by atoms with Crippen LogP contribution >= 0.6 is 0 Å². The van der Waals surface area contributed by atoms with Gasteiger partial charge in [-0.1, -0.05) is 12.0 Å². The zero-order valence-corrected chi connectivity index (χ0v) is 6.71. The van der Waals surface area contributed by atoms with Crippen molar-refractivity contribution in [2.75, 3.05) is 6.61 Å². The number of aliphatic hydroxyl groups excluding tert-OH is 1. The van der Waals surface area contributed by atoms with E-state index >= 15 is 0 Å². The minimum absolute atomic E-state index is 0.309. The average molecular weight is 150 g/mol. The third-order valence-corrected chi connectivity index (χ3v) is 2.24. The second-order valence-corrected chi connectivity index (χ2v) is 3.03. The van der Waals surface area contributed by atoms with Crippen LogP contribution in [0.1, 0.15) is 25.7 Å². The Balaban J connectivity index is 2.37. The lowest BCUT2D eigenvalue weighted by Crippen LogP contribution is -2.06. The van der Waals surface area contributed by atoms with Gasteiger partial charge in [0.15, 0.2) is 0 Å². The summed E-state index contributed by atoms with van der Waals surface area (Å²) in [6, 6.07) is 0. The van der Waals surface area contributed by atoms with Gasteiger partial charge in [0.2, 0.25) is 0 Å². The van der Waals surface area contributed by atoms with Crippen molar-refractivity contribution < 1.29 is 5.11 Å². The smallest absolute Gasteiger partial charge is 0.0433 e. The van der Waals surface area contributed by atoms with Crippen LogP contribution in [-0.4, -0.2) is 11.7 Å². The van der Waals surface area contributed by atoms with Gasteiger partial charge >= 0.3 is 0 Å². The Morgan fingerprint density at radius 1 is 1.73 bits per heavy atom. The normalized spacial score (nSPS) is 24.0. The van der Waals surface area contributed by atoms with Crippen LogP contribution in [0.15, 0.2) is 11.6 Å². The molecule has 0 aromatic carbocycles. The van der Waals surface area contributed by atoms with Crippen LogP contribution in [0, 0.1) is 18.3 Å². The molecule has 1 rings (SSSR count). The highest BCUT2D eigenvalue weighted by atomic mass is 16.3. The number of hydrogen-bond donors (Lipinski definition) is 1. The molecule has 0 aromatic rings. The average Bonchev–Trinajstić information content (AvgIpc) is 2.07. The zero-order valence-electron chi connectivity index (χ0n) is 6.71. The number of hydrogen-bond acceptors (Lipinski definition) is 1. The molecule has 0 aliphatic heterocycles. The monoisotopic (exact) mass is 150 g/mol. The van der Waals surface area contributed by atoms with E-state index < -0.39 is 0 Å². The van der Waals surface area contributed by atoms with E-state index in [1.165, 1.54) is 0 Å². The Bertz CT molecular complexity index is 186. The lowest BCUT2D eigenvalue weighted by Gasteiger charge is -2.18. The Morgan fingerprint density at radius 2 is 2.55 bits per heavy atom. The van der Waals surface area contributed by atoms with E-state index in [1.54, 1.807) is 0 Å². The quantitative estimate of drug-likeness (QED) is 0.594. The van der Waals surface area contributed by atoms with Crippen LogP contribution in [0.25, 0.3) is 0 Å². The first-order chi connectivity index (χ1) is 5.36. The molecule has 1 heteroatoms. The minimum atomic E-state index is 0.309. The van der Waals surface area contributed by atoms with E-state index in [0.29, 0.717) is 12.5 Å². The highest BCUT2D eigenvalue weighted by molar-refractivity contribution is 5.26. The van der Waals surface area contributed by atoms with Gasteiger partial charge in [-0.3, -0.25) is 0 Å². The Kier molecular flexibility index (Phi) is 3.19. The molecule has 1 unspecified atom stereocenters. The molecular weight excluding hydrogens is 136 g/mol. The summed E-state index contributed by atoms with van der Waals surface area (Å²) in [6.07, 6.45) is 11.5. The first-order valence-corrected chi connectivity index (χ1v) is 4.13. The highest BCUT2D eigenvalue weighted by Crippen LogP contribution is 2.24. The second kappa shape index (κ2) is 4.20. The molecule has 1 nitrogen and oxygen atoms in total. The van der Waals surface area contributed by atoms with Crippen molar-refractivity contribution in [2.45, 2.75) is 25.7 Å². The minimum Gasteiger partial charge on any atom is -0.396 e. The molecule has 0 aromatic heterocycles. The van der Waals surface area contributed by atoms with Gasteiger partial charge in [-0.25, -0.2) is 0 Å². The maximum atomic E-state index is 8.68. The number of rotatable bonds is 2. The molecule has 1 atom stereocenters. The van der Waals surface area contributed by atoms with Crippen LogP contribution in [0.5, 0.6) is 0 Å². The number of terminal acetylenes is 1. The lowest BCUT2D eigenvalue weighted by molar-refractivity contribution is 0.250. The van der Waals surface area contributed by atoms with Crippen molar-refractivity contribution in [2.24, 2.45) is 5.92 Å². The van der Waals surface area contributed by atoms with Gasteiger partial charge in [0.05, 0.1) is 0 Å². The molecule has 0 amide bonds. The van der Waals surface area contributed by atoms with Crippen molar-refractivity contribution in [1.29, 1.82) is 0 Å². The third-order valence-electron chi connectivity index (χ3n) is 2.24. The maximum Gasteiger partial charge on any atom is 0.0433 e. The van der Waals surface area contributed by atoms with E-state index in [0.717, 1.165) is 31.3 Å². The van der Waals surface area contributed by atoms with Crippen LogP contribution in [-0.2, 0) is 0 Å². The van der Waals surface area contributed by atoms with Crippen molar-refractivity contribution in [3.8, 4) is 12.3 Å². The van der Waals surface area contributed by atoms with E-state index in [2.05, 4.69) is 12.0 Å². The fraction of sp³-hybridized carbons (Fsp3) is 0.600. The Morgan fingerprint density at radius 3 is 3.00 bits per heavy atom. The number of aliphatic hydroxyl groups is 1. The van der Waals surface area contributed by atoms with E-state index in [1.807, 2.05) is 0 Å². The Labute approximate surface area is 68.1 Å². The molecule has 0 heterocycles.